The van der Waals surface area contributed by atoms with E-state index in [0.717, 1.165) is 16.1 Å². The highest BCUT2D eigenvalue weighted by molar-refractivity contribution is 5.05. The first kappa shape index (κ1) is 10.4. The van der Waals surface area contributed by atoms with E-state index in [4.69, 9.17) is 9.47 Å². The third-order valence-corrected chi connectivity index (χ3v) is 2.48. The van der Waals surface area contributed by atoms with Crippen molar-refractivity contribution in [3.05, 3.63) is 34.8 Å². The van der Waals surface area contributed by atoms with Crippen LogP contribution < -0.4 is 4.73 Å². The predicted octanol–water partition coefficient (Wildman–Crippen LogP) is 0.452. The van der Waals surface area contributed by atoms with Crippen LogP contribution in [0.15, 0.2) is 18.2 Å². The van der Waals surface area contributed by atoms with E-state index >= 15 is 0 Å². The van der Waals surface area contributed by atoms with Crippen molar-refractivity contribution in [2.24, 2.45) is 0 Å². The van der Waals surface area contributed by atoms with Crippen LogP contribution in [0.4, 0.5) is 0 Å². The lowest BCUT2D eigenvalue weighted by atomic mass is 10.2. The molecule has 0 fully saturated rings. The van der Waals surface area contributed by atoms with Crippen LogP contribution >= 0.6 is 0 Å². The molecule has 15 heavy (non-hydrogen) atoms. The molecule has 0 aliphatic carbocycles. The molecule has 4 heteroatoms. The fourth-order valence-electron chi connectivity index (χ4n) is 1.64. The molecule has 0 aromatic carbocycles. The maximum Gasteiger partial charge on any atom is 0.195 e. The van der Waals surface area contributed by atoms with Crippen LogP contribution in [0, 0.1) is 5.21 Å². The number of hydrogen-bond donors (Lipinski definition) is 0. The molecular formula is C11H15NO3. The van der Waals surface area contributed by atoms with E-state index in [2.05, 4.69) is 0 Å². The standard InChI is InChI=1S/C11H15NO3/c13-12-10-2-1-3-11(12)5-7-15-9-8-14-6-4-10/h1-3H,4-9H2. The van der Waals surface area contributed by atoms with Gasteiger partial charge in [0.05, 0.1) is 39.3 Å². The average Bonchev–Trinajstić information content (AvgIpc) is 2.28. The topological polar surface area (TPSA) is 45.4 Å². The Balaban J connectivity index is 2.18. The molecule has 0 atom stereocenters. The Morgan fingerprint density at radius 2 is 1.47 bits per heavy atom. The van der Waals surface area contributed by atoms with E-state index < -0.39 is 0 Å². The second-order valence-electron chi connectivity index (χ2n) is 3.53. The molecular weight excluding hydrogens is 194 g/mol. The highest BCUT2D eigenvalue weighted by Crippen LogP contribution is 2.01. The summed E-state index contributed by atoms with van der Waals surface area (Å²) < 4.78 is 11.7. The first-order valence-electron chi connectivity index (χ1n) is 5.24. The number of hydrogen-bond acceptors (Lipinski definition) is 3. The summed E-state index contributed by atoms with van der Waals surface area (Å²) in [6.07, 6.45) is 1.33. The van der Waals surface area contributed by atoms with Crippen LogP contribution in [-0.4, -0.2) is 26.4 Å². The summed E-state index contributed by atoms with van der Waals surface area (Å²) in [6.45, 7) is 2.37. The summed E-state index contributed by atoms with van der Waals surface area (Å²) >= 11 is 0. The fraction of sp³-hybridized carbons (Fsp3) is 0.545. The highest BCUT2D eigenvalue weighted by atomic mass is 16.5. The van der Waals surface area contributed by atoms with Crippen molar-refractivity contribution in [3.63, 3.8) is 0 Å². The van der Waals surface area contributed by atoms with Gasteiger partial charge < -0.3 is 14.7 Å². The fourth-order valence-corrected chi connectivity index (χ4v) is 1.64. The van der Waals surface area contributed by atoms with Crippen molar-refractivity contribution in [2.75, 3.05) is 26.4 Å². The monoisotopic (exact) mass is 209 g/mol. The Bertz CT molecular complexity index is 299. The Morgan fingerprint density at radius 3 is 2.00 bits per heavy atom. The maximum absolute atomic E-state index is 11.8. The molecule has 1 aromatic rings. The van der Waals surface area contributed by atoms with Gasteiger partial charge >= 0.3 is 0 Å². The van der Waals surface area contributed by atoms with Crippen LogP contribution in [0.1, 0.15) is 11.4 Å². The quantitative estimate of drug-likeness (QED) is 0.460. The molecule has 4 nitrogen and oxygen atoms in total. The van der Waals surface area contributed by atoms with Crippen molar-refractivity contribution in [3.8, 4) is 0 Å². The van der Waals surface area contributed by atoms with E-state index in [9.17, 15) is 5.21 Å². The minimum absolute atomic E-state index is 0.578. The zero-order chi connectivity index (χ0) is 10.5. The number of aromatic nitrogens is 1. The van der Waals surface area contributed by atoms with Gasteiger partial charge in [0.1, 0.15) is 0 Å². The van der Waals surface area contributed by atoms with E-state index in [1.807, 2.05) is 18.2 Å². The number of ether oxygens (including phenoxy) is 2. The van der Waals surface area contributed by atoms with Gasteiger partial charge in [-0.1, -0.05) is 0 Å². The minimum atomic E-state index is 0.578. The first-order chi connectivity index (χ1) is 7.38. The van der Waals surface area contributed by atoms with Gasteiger partial charge in [-0.15, -0.1) is 0 Å². The second-order valence-corrected chi connectivity index (χ2v) is 3.53. The van der Waals surface area contributed by atoms with Gasteiger partial charge in [-0.2, -0.15) is 4.73 Å². The molecule has 1 aromatic heterocycles. The van der Waals surface area contributed by atoms with Crippen molar-refractivity contribution < 1.29 is 14.2 Å². The van der Waals surface area contributed by atoms with Crippen molar-refractivity contribution in [1.29, 1.82) is 0 Å². The smallest absolute Gasteiger partial charge is 0.195 e. The maximum atomic E-state index is 11.8. The predicted molar refractivity (Wildman–Crippen MR) is 54.4 cm³/mol. The zero-order valence-corrected chi connectivity index (χ0v) is 8.65. The molecule has 2 bridgehead atoms. The molecule has 2 rings (SSSR count). The van der Waals surface area contributed by atoms with Gasteiger partial charge in [-0.25, -0.2) is 0 Å². The molecule has 0 radical (unpaired) electrons. The van der Waals surface area contributed by atoms with Crippen LogP contribution in [0.5, 0.6) is 0 Å². The van der Waals surface area contributed by atoms with Gasteiger partial charge in [-0.3, -0.25) is 0 Å². The molecule has 0 unspecified atom stereocenters. The summed E-state index contributed by atoms with van der Waals surface area (Å²) in [5, 5.41) is 11.8. The van der Waals surface area contributed by atoms with E-state index in [-0.39, 0.29) is 0 Å². The number of nitrogens with zero attached hydrogens (tertiary/aromatic N) is 1. The number of rotatable bonds is 0. The van der Waals surface area contributed by atoms with Gasteiger partial charge in [0, 0.05) is 12.1 Å². The van der Waals surface area contributed by atoms with E-state index in [1.165, 1.54) is 0 Å². The van der Waals surface area contributed by atoms with Gasteiger partial charge in [0.2, 0.25) is 0 Å². The van der Waals surface area contributed by atoms with Gasteiger partial charge in [-0.05, 0) is 6.07 Å². The van der Waals surface area contributed by atoms with Gasteiger partial charge in [0.15, 0.2) is 11.4 Å². The Hall–Kier alpha value is -1.13. The third kappa shape index (κ3) is 2.67. The van der Waals surface area contributed by atoms with Crippen molar-refractivity contribution >= 4 is 0 Å². The average molecular weight is 209 g/mol. The van der Waals surface area contributed by atoms with Gasteiger partial charge in [0.25, 0.3) is 0 Å². The Kier molecular flexibility index (Phi) is 3.53. The molecule has 1 aliphatic rings. The van der Waals surface area contributed by atoms with Crippen molar-refractivity contribution in [2.45, 2.75) is 12.8 Å². The van der Waals surface area contributed by atoms with Crippen LogP contribution in [-0.2, 0) is 22.3 Å². The Morgan fingerprint density at radius 1 is 0.933 bits per heavy atom. The SMILES string of the molecule is [O-][n+]1c2cccc1CCOCCOCC2. The first-order valence-corrected chi connectivity index (χ1v) is 5.24. The van der Waals surface area contributed by atoms with E-state index in [1.54, 1.807) is 0 Å². The second kappa shape index (κ2) is 5.09. The molecule has 1 aliphatic heterocycles. The lowest BCUT2D eigenvalue weighted by Crippen LogP contribution is -2.37. The van der Waals surface area contributed by atoms with Crippen LogP contribution in [0.25, 0.3) is 0 Å². The molecule has 2 heterocycles. The normalized spacial score (nSPS) is 18.1. The molecule has 0 N–H and O–H groups in total. The molecule has 0 saturated heterocycles. The zero-order valence-electron chi connectivity index (χ0n) is 8.65. The van der Waals surface area contributed by atoms with Crippen LogP contribution in [0.3, 0.4) is 0 Å². The number of fused-ring (bicyclic) bond motifs is 2. The van der Waals surface area contributed by atoms with E-state index in [0.29, 0.717) is 39.3 Å². The summed E-state index contributed by atoms with van der Waals surface area (Å²) in [5.41, 5.74) is 1.55. The summed E-state index contributed by atoms with van der Waals surface area (Å²) in [5.74, 6) is 0. The molecule has 0 amide bonds. The molecule has 0 saturated carbocycles. The minimum Gasteiger partial charge on any atom is -0.618 e. The Labute approximate surface area is 89.0 Å². The summed E-state index contributed by atoms with van der Waals surface area (Å²) in [6, 6.07) is 5.61. The summed E-state index contributed by atoms with van der Waals surface area (Å²) in [4.78, 5) is 0. The lowest BCUT2D eigenvalue weighted by molar-refractivity contribution is -0.622. The third-order valence-electron chi connectivity index (χ3n) is 2.48. The van der Waals surface area contributed by atoms with Crippen LogP contribution in [0.2, 0.25) is 0 Å². The molecule has 82 valence electrons. The molecule has 0 spiro atoms. The lowest BCUT2D eigenvalue weighted by Gasteiger charge is -2.07. The summed E-state index contributed by atoms with van der Waals surface area (Å²) in [7, 11) is 0. The highest BCUT2D eigenvalue weighted by Gasteiger charge is 2.11. The number of pyridine rings is 1. The van der Waals surface area contributed by atoms with Crippen molar-refractivity contribution in [1.82, 2.24) is 0 Å². The largest absolute Gasteiger partial charge is 0.618 e.